The van der Waals surface area contributed by atoms with Gasteiger partial charge in [0.05, 0.1) is 5.69 Å². The first kappa shape index (κ1) is 16.7. The number of amides is 1. The highest BCUT2D eigenvalue weighted by Gasteiger charge is 2.24. The van der Waals surface area contributed by atoms with Crippen molar-refractivity contribution in [3.8, 4) is 17.1 Å². The van der Waals surface area contributed by atoms with Crippen LogP contribution >= 0.6 is 0 Å². The van der Waals surface area contributed by atoms with Crippen LogP contribution in [0.5, 0.6) is 5.75 Å². The smallest absolute Gasteiger partial charge is 0.264 e. The summed E-state index contributed by atoms with van der Waals surface area (Å²) in [5, 5.41) is 3.44. The normalized spacial score (nSPS) is 15.0. The molecule has 0 bridgehead atoms. The minimum Gasteiger partial charge on any atom is -0.482 e. The second kappa shape index (κ2) is 6.60. The van der Waals surface area contributed by atoms with Crippen LogP contribution in [-0.2, 0) is 17.6 Å². The zero-order valence-electron chi connectivity index (χ0n) is 15.5. The van der Waals surface area contributed by atoms with Crippen LogP contribution in [0.4, 0.5) is 17.2 Å². The van der Waals surface area contributed by atoms with Gasteiger partial charge in [-0.1, -0.05) is 0 Å². The van der Waals surface area contributed by atoms with Crippen LogP contribution < -0.4 is 15.0 Å². The molecule has 0 fully saturated rings. The minimum atomic E-state index is -0.0625. The number of nitrogens with zero attached hydrogens (tertiary/aromatic N) is 4. The highest BCUT2D eigenvalue weighted by molar-refractivity contribution is 5.98. The van der Waals surface area contributed by atoms with Gasteiger partial charge in [0, 0.05) is 41.9 Å². The van der Waals surface area contributed by atoms with Crippen LogP contribution in [0.2, 0.25) is 0 Å². The molecule has 1 aromatic carbocycles. The molecule has 7 heteroatoms. The van der Waals surface area contributed by atoms with Crippen molar-refractivity contribution in [3.63, 3.8) is 0 Å². The van der Waals surface area contributed by atoms with E-state index in [0.29, 0.717) is 11.6 Å². The molecule has 1 N–H and O–H groups in total. The predicted octanol–water partition coefficient (Wildman–Crippen LogP) is 3.13. The number of nitrogens with one attached hydrogen (secondary N) is 1. The van der Waals surface area contributed by atoms with Crippen molar-refractivity contribution in [2.75, 3.05) is 23.9 Å². The van der Waals surface area contributed by atoms with Crippen molar-refractivity contribution in [1.82, 2.24) is 15.0 Å². The van der Waals surface area contributed by atoms with Crippen LogP contribution in [0.1, 0.15) is 17.7 Å². The molecule has 2 aromatic heterocycles. The van der Waals surface area contributed by atoms with Gasteiger partial charge in [-0.3, -0.25) is 9.78 Å². The summed E-state index contributed by atoms with van der Waals surface area (Å²) in [6.45, 7) is 0.0744. The van der Waals surface area contributed by atoms with Crippen LogP contribution in [0, 0.1) is 0 Å². The molecular formula is C21H19N5O2. The highest BCUT2D eigenvalue weighted by atomic mass is 16.5. The van der Waals surface area contributed by atoms with E-state index < -0.39 is 0 Å². The van der Waals surface area contributed by atoms with E-state index >= 15 is 0 Å². The van der Waals surface area contributed by atoms with Gasteiger partial charge in [0.1, 0.15) is 11.6 Å². The first-order valence-electron chi connectivity index (χ1n) is 9.29. The third kappa shape index (κ3) is 2.85. The molecule has 5 rings (SSSR count). The molecule has 0 radical (unpaired) electrons. The molecule has 1 aliphatic heterocycles. The van der Waals surface area contributed by atoms with Gasteiger partial charge in [0.15, 0.2) is 12.4 Å². The molecule has 0 spiro atoms. The van der Waals surface area contributed by atoms with E-state index in [4.69, 9.17) is 14.7 Å². The van der Waals surface area contributed by atoms with Crippen molar-refractivity contribution >= 4 is 23.1 Å². The number of rotatable bonds is 3. The van der Waals surface area contributed by atoms with Crippen LogP contribution in [-0.4, -0.2) is 34.5 Å². The molecule has 3 aromatic rings. The quantitative estimate of drug-likeness (QED) is 0.760. The lowest BCUT2D eigenvalue weighted by molar-refractivity contribution is -0.120. The molecule has 0 atom stereocenters. The summed E-state index contributed by atoms with van der Waals surface area (Å²) >= 11 is 0. The first-order valence-corrected chi connectivity index (χ1v) is 9.29. The standard InChI is InChI=1S/C21H19N5O2/c1-26-17-11-14(5-6-18(17)28-12-19(26)27)23-21-15-3-2-4-16(15)24-20(25-21)13-7-9-22-10-8-13/h5-11H,2-4,12H2,1H3,(H,23,24,25). The third-order valence-electron chi connectivity index (χ3n) is 5.18. The molecular weight excluding hydrogens is 354 g/mol. The van der Waals surface area contributed by atoms with Crippen molar-refractivity contribution in [2.24, 2.45) is 0 Å². The summed E-state index contributed by atoms with van der Waals surface area (Å²) in [6.07, 6.45) is 6.49. The Kier molecular flexibility index (Phi) is 3.93. The average molecular weight is 373 g/mol. The van der Waals surface area contributed by atoms with Crippen molar-refractivity contribution in [2.45, 2.75) is 19.3 Å². The molecule has 28 heavy (non-hydrogen) atoms. The van der Waals surface area contributed by atoms with E-state index in [2.05, 4.69) is 10.3 Å². The van der Waals surface area contributed by atoms with Gasteiger partial charge in [-0.05, 0) is 49.6 Å². The van der Waals surface area contributed by atoms with Gasteiger partial charge >= 0.3 is 0 Å². The van der Waals surface area contributed by atoms with E-state index in [0.717, 1.165) is 53.3 Å². The number of aryl methyl sites for hydroxylation is 1. The summed E-state index contributed by atoms with van der Waals surface area (Å²) in [4.78, 5) is 27.2. The summed E-state index contributed by atoms with van der Waals surface area (Å²) in [6, 6.07) is 9.57. The van der Waals surface area contributed by atoms with E-state index in [1.165, 1.54) is 0 Å². The van der Waals surface area contributed by atoms with E-state index in [-0.39, 0.29) is 12.5 Å². The zero-order chi connectivity index (χ0) is 19.1. The number of pyridine rings is 1. The van der Waals surface area contributed by atoms with Gasteiger partial charge in [0.2, 0.25) is 0 Å². The monoisotopic (exact) mass is 373 g/mol. The van der Waals surface area contributed by atoms with Gasteiger partial charge in [0.25, 0.3) is 5.91 Å². The fourth-order valence-electron chi connectivity index (χ4n) is 3.65. The number of likely N-dealkylation sites (N-methyl/N-ethyl adjacent to an activating group) is 1. The number of hydrogen-bond donors (Lipinski definition) is 1. The molecule has 1 amide bonds. The largest absolute Gasteiger partial charge is 0.482 e. The zero-order valence-corrected chi connectivity index (χ0v) is 15.5. The molecule has 3 heterocycles. The Balaban J connectivity index is 1.54. The van der Waals surface area contributed by atoms with Crippen LogP contribution in [0.3, 0.4) is 0 Å². The van der Waals surface area contributed by atoms with Gasteiger partial charge in [-0.15, -0.1) is 0 Å². The number of fused-ring (bicyclic) bond motifs is 2. The average Bonchev–Trinajstić information content (AvgIpc) is 3.21. The number of carbonyl (C=O) groups is 1. The molecule has 140 valence electrons. The number of anilines is 3. The van der Waals surface area contributed by atoms with E-state index in [9.17, 15) is 4.79 Å². The number of aromatic nitrogens is 3. The van der Waals surface area contributed by atoms with Gasteiger partial charge in [-0.25, -0.2) is 9.97 Å². The lowest BCUT2D eigenvalue weighted by Crippen LogP contribution is -2.35. The maximum absolute atomic E-state index is 11.9. The fourth-order valence-corrected chi connectivity index (χ4v) is 3.65. The second-order valence-corrected chi connectivity index (χ2v) is 6.96. The molecule has 0 saturated carbocycles. The first-order chi connectivity index (χ1) is 13.7. The van der Waals surface area contributed by atoms with Crippen LogP contribution in [0.15, 0.2) is 42.7 Å². The molecule has 7 nitrogen and oxygen atoms in total. The Morgan fingerprint density at radius 2 is 1.96 bits per heavy atom. The maximum Gasteiger partial charge on any atom is 0.264 e. The Hall–Kier alpha value is -3.48. The van der Waals surface area contributed by atoms with E-state index in [1.54, 1.807) is 24.3 Å². The Labute approximate surface area is 162 Å². The molecule has 2 aliphatic rings. The molecule has 1 aliphatic carbocycles. The SMILES string of the molecule is CN1C(=O)COc2ccc(Nc3nc(-c4ccncc4)nc4c3CCC4)cc21. The summed E-state index contributed by atoms with van der Waals surface area (Å²) < 4.78 is 5.51. The minimum absolute atomic E-state index is 0.0625. The lowest BCUT2D eigenvalue weighted by Gasteiger charge is -2.26. The number of ether oxygens (including phenoxy) is 1. The predicted molar refractivity (Wildman–Crippen MR) is 106 cm³/mol. The topological polar surface area (TPSA) is 80.2 Å². The second-order valence-electron chi connectivity index (χ2n) is 6.96. The summed E-state index contributed by atoms with van der Waals surface area (Å²) in [5.74, 6) is 2.16. The maximum atomic E-state index is 11.9. The van der Waals surface area contributed by atoms with Crippen molar-refractivity contribution < 1.29 is 9.53 Å². The number of carbonyl (C=O) groups excluding carboxylic acids is 1. The number of benzene rings is 1. The third-order valence-corrected chi connectivity index (χ3v) is 5.18. The molecule has 0 unspecified atom stereocenters. The summed E-state index contributed by atoms with van der Waals surface area (Å²) in [7, 11) is 1.76. The number of hydrogen-bond acceptors (Lipinski definition) is 6. The van der Waals surface area contributed by atoms with Gasteiger partial charge in [-0.2, -0.15) is 0 Å². The lowest BCUT2D eigenvalue weighted by atomic mass is 10.2. The Bertz CT molecular complexity index is 1070. The van der Waals surface area contributed by atoms with Crippen LogP contribution in [0.25, 0.3) is 11.4 Å². The summed E-state index contributed by atoms with van der Waals surface area (Å²) in [5.41, 5.74) is 4.81. The highest BCUT2D eigenvalue weighted by Crippen LogP contribution is 2.36. The Morgan fingerprint density at radius 3 is 2.82 bits per heavy atom. The van der Waals surface area contributed by atoms with Crippen molar-refractivity contribution in [3.05, 3.63) is 54.0 Å². The van der Waals surface area contributed by atoms with Crippen molar-refractivity contribution in [1.29, 1.82) is 0 Å². The Morgan fingerprint density at radius 1 is 1.11 bits per heavy atom. The van der Waals surface area contributed by atoms with Gasteiger partial charge < -0.3 is 15.0 Å². The molecule has 0 saturated heterocycles. The fraction of sp³-hybridized carbons (Fsp3) is 0.238. The van der Waals surface area contributed by atoms with E-state index in [1.807, 2.05) is 30.3 Å².